The quantitative estimate of drug-likeness (QED) is 0.880. The van der Waals surface area contributed by atoms with Gasteiger partial charge in [-0.15, -0.1) is 0 Å². The molecule has 0 bridgehead atoms. The Morgan fingerprint density at radius 3 is 2.43 bits per heavy atom. The molecule has 23 heavy (non-hydrogen) atoms. The molecule has 0 spiro atoms. The first kappa shape index (κ1) is 17.1. The first-order chi connectivity index (χ1) is 10.9. The van der Waals surface area contributed by atoms with Gasteiger partial charge in [0.2, 0.25) is 0 Å². The van der Waals surface area contributed by atoms with E-state index in [4.69, 9.17) is 4.74 Å². The number of rotatable bonds is 6. The predicted molar refractivity (Wildman–Crippen MR) is 90.5 cm³/mol. The van der Waals surface area contributed by atoms with Crippen LogP contribution in [0, 0.1) is 5.92 Å². The monoisotopic (exact) mass is 335 g/mol. The third-order valence-electron chi connectivity index (χ3n) is 3.29. The molecule has 0 fully saturated rings. The van der Waals surface area contributed by atoms with Crippen molar-refractivity contribution >= 4 is 15.7 Å². The van der Waals surface area contributed by atoms with Gasteiger partial charge in [0, 0.05) is 12.6 Å². The van der Waals surface area contributed by atoms with E-state index in [1.165, 1.54) is 29.6 Å². The highest BCUT2D eigenvalue weighted by atomic mass is 32.2. The number of sulfonamides is 1. The Hall–Kier alpha value is -2.21. The summed E-state index contributed by atoms with van der Waals surface area (Å²) in [4.78, 5) is 0.103. The van der Waals surface area contributed by atoms with Crippen LogP contribution < -0.4 is 9.04 Å². The van der Waals surface area contributed by atoms with Crippen LogP contribution in [0.1, 0.15) is 13.8 Å². The van der Waals surface area contributed by atoms with Crippen molar-refractivity contribution in [1.29, 1.82) is 0 Å². The van der Waals surface area contributed by atoms with Crippen LogP contribution in [-0.4, -0.2) is 27.2 Å². The van der Waals surface area contributed by atoms with Gasteiger partial charge in [0.15, 0.2) is 0 Å². The summed E-state index contributed by atoms with van der Waals surface area (Å²) in [7, 11) is -2.37. The number of para-hydroxylation sites is 1. The summed E-state index contributed by atoms with van der Waals surface area (Å²) in [6.45, 7) is 4.17. The zero-order chi connectivity index (χ0) is 17.0. The maximum absolute atomic E-state index is 13.1. The first-order valence-corrected chi connectivity index (χ1v) is 8.75. The number of aromatic hydroxyl groups is 1. The lowest BCUT2D eigenvalue weighted by atomic mass is 10.2. The zero-order valence-corrected chi connectivity index (χ0v) is 14.2. The second-order valence-electron chi connectivity index (χ2n) is 5.60. The first-order valence-electron chi connectivity index (χ1n) is 7.31. The van der Waals surface area contributed by atoms with Crippen LogP contribution in [0.25, 0.3) is 0 Å². The number of methoxy groups -OCH3 is 1. The average Bonchev–Trinajstić information content (AvgIpc) is 2.52. The molecular formula is C17H21NO4S. The molecule has 0 aliphatic carbocycles. The van der Waals surface area contributed by atoms with Gasteiger partial charge in [-0.25, -0.2) is 8.42 Å². The van der Waals surface area contributed by atoms with E-state index in [0.717, 1.165) is 0 Å². The highest BCUT2D eigenvalue weighted by molar-refractivity contribution is 7.93. The van der Waals surface area contributed by atoms with Crippen LogP contribution in [0.15, 0.2) is 53.4 Å². The van der Waals surface area contributed by atoms with Gasteiger partial charge in [0.1, 0.15) is 16.4 Å². The summed E-state index contributed by atoms with van der Waals surface area (Å²) in [6.07, 6.45) is 0. The third kappa shape index (κ3) is 3.76. The van der Waals surface area contributed by atoms with Crippen LogP contribution in [0.5, 0.6) is 11.5 Å². The van der Waals surface area contributed by atoms with Crippen molar-refractivity contribution in [3.05, 3.63) is 48.5 Å². The van der Waals surface area contributed by atoms with Crippen LogP contribution in [0.4, 0.5) is 5.69 Å². The van der Waals surface area contributed by atoms with Gasteiger partial charge in [0.05, 0.1) is 12.8 Å². The highest BCUT2D eigenvalue weighted by Crippen LogP contribution is 2.31. The SMILES string of the molecule is COc1ccccc1S(=O)(=O)N(CC(C)C)c1cccc(O)c1. The summed E-state index contributed by atoms with van der Waals surface area (Å²) >= 11 is 0. The van der Waals surface area contributed by atoms with Crippen molar-refractivity contribution in [2.24, 2.45) is 5.92 Å². The van der Waals surface area contributed by atoms with Crippen molar-refractivity contribution in [3.8, 4) is 11.5 Å². The summed E-state index contributed by atoms with van der Waals surface area (Å²) < 4.78 is 32.7. The van der Waals surface area contributed by atoms with Gasteiger partial charge in [-0.2, -0.15) is 0 Å². The number of hydrogen-bond acceptors (Lipinski definition) is 4. The Bertz CT molecular complexity index is 772. The van der Waals surface area contributed by atoms with E-state index in [2.05, 4.69) is 0 Å². The minimum atomic E-state index is -3.81. The molecule has 0 saturated carbocycles. The van der Waals surface area contributed by atoms with Crippen LogP contribution in [-0.2, 0) is 10.0 Å². The predicted octanol–water partition coefficient (Wildman–Crippen LogP) is 3.25. The molecule has 1 N–H and O–H groups in total. The standard InChI is InChI=1S/C17H21NO4S/c1-13(2)12-18(14-7-6-8-15(19)11-14)23(20,21)17-10-5-4-9-16(17)22-3/h4-11,13,19H,12H2,1-3H3. The Morgan fingerprint density at radius 1 is 1.13 bits per heavy atom. The Morgan fingerprint density at radius 2 is 1.83 bits per heavy atom. The highest BCUT2D eigenvalue weighted by Gasteiger charge is 2.28. The molecule has 5 nitrogen and oxygen atoms in total. The number of ether oxygens (including phenoxy) is 1. The molecule has 0 aliphatic heterocycles. The van der Waals surface area contributed by atoms with Crippen LogP contribution in [0.3, 0.4) is 0 Å². The van der Waals surface area contributed by atoms with E-state index >= 15 is 0 Å². The molecule has 0 saturated heterocycles. The number of hydrogen-bond donors (Lipinski definition) is 1. The number of phenols is 1. The number of benzene rings is 2. The van der Waals surface area contributed by atoms with Crippen LogP contribution in [0.2, 0.25) is 0 Å². The van der Waals surface area contributed by atoms with E-state index in [0.29, 0.717) is 18.0 Å². The number of anilines is 1. The van der Waals surface area contributed by atoms with Gasteiger partial charge in [-0.1, -0.05) is 32.0 Å². The van der Waals surface area contributed by atoms with Crippen molar-refractivity contribution in [2.75, 3.05) is 18.0 Å². The fourth-order valence-corrected chi connectivity index (χ4v) is 4.05. The lowest BCUT2D eigenvalue weighted by Crippen LogP contribution is -2.34. The normalized spacial score (nSPS) is 11.5. The van der Waals surface area contributed by atoms with Gasteiger partial charge in [-0.3, -0.25) is 4.31 Å². The van der Waals surface area contributed by atoms with Crippen molar-refractivity contribution in [1.82, 2.24) is 0 Å². The Kier molecular flexibility index (Phi) is 5.15. The Labute approximate surface area is 137 Å². The van der Waals surface area contributed by atoms with Gasteiger partial charge >= 0.3 is 0 Å². The summed E-state index contributed by atoms with van der Waals surface area (Å²) in [5.74, 6) is 0.426. The smallest absolute Gasteiger partial charge is 0.268 e. The molecule has 0 unspecified atom stereocenters. The molecule has 2 aromatic rings. The van der Waals surface area contributed by atoms with E-state index in [1.54, 1.807) is 30.3 Å². The minimum absolute atomic E-state index is 0.0199. The molecule has 2 rings (SSSR count). The third-order valence-corrected chi connectivity index (χ3v) is 5.12. The zero-order valence-electron chi connectivity index (χ0n) is 13.4. The fourth-order valence-electron chi connectivity index (χ4n) is 2.27. The summed E-state index contributed by atoms with van der Waals surface area (Å²) in [5.41, 5.74) is 0.421. The van der Waals surface area contributed by atoms with E-state index in [9.17, 15) is 13.5 Å². The molecule has 2 aromatic carbocycles. The lowest BCUT2D eigenvalue weighted by molar-refractivity contribution is 0.402. The second kappa shape index (κ2) is 6.91. The average molecular weight is 335 g/mol. The van der Waals surface area contributed by atoms with E-state index in [-0.39, 0.29) is 16.6 Å². The molecule has 0 aromatic heterocycles. The maximum atomic E-state index is 13.1. The topological polar surface area (TPSA) is 66.8 Å². The molecule has 0 radical (unpaired) electrons. The molecule has 6 heteroatoms. The number of phenolic OH excluding ortho intramolecular Hbond substituents is 1. The van der Waals surface area contributed by atoms with Crippen LogP contribution >= 0.6 is 0 Å². The minimum Gasteiger partial charge on any atom is -0.508 e. The van der Waals surface area contributed by atoms with Crippen molar-refractivity contribution in [3.63, 3.8) is 0 Å². The number of nitrogens with zero attached hydrogens (tertiary/aromatic N) is 1. The molecule has 124 valence electrons. The largest absolute Gasteiger partial charge is 0.508 e. The molecular weight excluding hydrogens is 314 g/mol. The van der Waals surface area contributed by atoms with E-state index in [1.807, 2.05) is 13.8 Å². The van der Waals surface area contributed by atoms with Gasteiger partial charge < -0.3 is 9.84 Å². The summed E-state index contributed by atoms with van der Waals surface area (Å²) in [5, 5.41) is 9.69. The van der Waals surface area contributed by atoms with Crippen molar-refractivity contribution < 1.29 is 18.3 Å². The molecule has 0 amide bonds. The fraction of sp³-hybridized carbons (Fsp3) is 0.294. The Balaban J connectivity index is 2.58. The molecule has 0 aliphatic rings. The van der Waals surface area contributed by atoms with Crippen molar-refractivity contribution in [2.45, 2.75) is 18.7 Å². The lowest BCUT2D eigenvalue weighted by Gasteiger charge is -2.27. The van der Waals surface area contributed by atoms with E-state index < -0.39 is 10.0 Å². The van der Waals surface area contributed by atoms with Gasteiger partial charge in [0.25, 0.3) is 10.0 Å². The molecule has 0 atom stereocenters. The molecule has 0 heterocycles. The second-order valence-corrected chi connectivity index (χ2v) is 7.43. The summed E-state index contributed by atoms with van der Waals surface area (Å²) in [6, 6.07) is 12.7. The maximum Gasteiger partial charge on any atom is 0.268 e. The van der Waals surface area contributed by atoms with Gasteiger partial charge in [-0.05, 0) is 30.2 Å².